The van der Waals surface area contributed by atoms with Crippen LogP contribution in [0.25, 0.3) is 0 Å². The van der Waals surface area contributed by atoms with Crippen LogP contribution < -0.4 is 0 Å². The van der Waals surface area contributed by atoms with Gasteiger partial charge in [-0.1, -0.05) is 70.4 Å². The van der Waals surface area contributed by atoms with E-state index in [1.54, 1.807) is 24.3 Å². The molecule has 2 N–H and O–H groups in total. The lowest BCUT2D eigenvalue weighted by Gasteiger charge is -2.24. The minimum Gasteiger partial charge on any atom is -0.508 e. The fraction of sp³-hybridized carbons (Fsp3) is 0.667. The monoisotopic (exact) mass is 278 g/mol. The van der Waals surface area contributed by atoms with Crippen molar-refractivity contribution < 1.29 is 10.2 Å². The predicted octanol–water partition coefficient (Wildman–Crippen LogP) is 5.13. The Morgan fingerprint density at radius 1 is 0.850 bits per heavy atom. The second-order valence-corrected chi connectivity index (χ2v) is 6.05. The van der Waals surface area contributed by atoms with Gasteiger partial charge in [0.2, 0.25) is 0 Å². The first-order chi connectivity index (χ1) is 9.56. The standard InChI is InChI=1S/C18H30O2/c1-3-4-5-6-7-8-9-10-15-18(2,20)16-11-13-17(19)14-12-16/h11-14,19-20H,3-10,15H2,1-2H3. The number of aliphatic hydroxyl groups is 1. The van der Waals surface area contributed by atoms with Gasteiger partial charge in [0.05, 0.1) is 5.60 Å². The Labute approximate surface area is 123 Å². The number of benzene rings is 1. The molecule has 20 heavy (non-hydrogen) atoms. The average molecular weight is 278 g/mol. The quantitative estimate of drug-likeness (QED) is 0.582. The molecule has 0 saturated heterocycles. The lowest BCUT2D eigenvalue weighted by atomic mass is 9.90. The largest absolute Gasteiger partial charge is 0.508 e. The van der Waals surface area contributed by atoms with E-state index in [-0.39, 0.29) is 5.75 Å². The average Bonchev–Trinajstić information content (AvgIpc) is 2.42. The van der Waals surface area contributed by atoms with Crippen LogP contribution in [-0.4, -0.2) is 10.2 Å². The van der Waals surface area contributed by atoms with Crippen LogP contribution in [0.15, 0.2) is 24.3 Å². The van der Waals surface area contributed by atoms with Gasteiger partial charge in [0.25, 0.3) is 0 Å². The van der Waals surface area contributed by atoms with Crippen molar-refractivity contribution in [3.05, 3.63) is 29.8 Å². The molecule has 2 nitrogen and oxygen atoms in total. The summed E-state index contributed by atoms with van der Waals surface area (Å²) in [6, 6.07) is 6.88. The van der Waals surface area contributed by atoms with Gasteiger partial charge in [0.1, 0.15) is 5.75 Å². The molecule has 0 aliphatic carbocycles. The minimum atomic E-state index is -0.782. The number of unbranched alkanes of at least 4 members (excludes halogenated alkanes) is 7. The molecule has 1 aromatic carbocycles. The third kappa shape index (κ3) is 6.42. The fourth-order valence-electron chi connectivity index (χ4n) is 2.57. The van der Waals surface area contributed by atoms with Crippen LogP contribution in [0.3, 0.4) is 0 Å². The smallest absolute Gasteiger partial charge is 0.115 e. The van der Waals surface area contributed by atoms with Gasteiger partial charge in [0.15, 0.2) is 0 Å². The molecule has 0 aliphatic heterocycles. The molecule has 114 valence electrons. The topological polar surface area (TPSA) is 40.5 Å². The second kappa shape index (κ2) is 9.02. The summed E-state index contributed by atoms with van der Waals surface area (Å²) >= 11 is 0. The third-order valence-electron chi connectivity index (χ3n) is 4.01. The maximum absolute atomic E-state index is 10.5. The number of hydrogen-bond acceptors (Lipinski definition) is 2. The van der Waals surface area contributed by atoms with Gasteiger partial charge >= 0.3 is 0 Å². The molecule has 1 atom stereocenters. The first-order valence-corrected chi connectivity index (χ1v) is 8.08. The summed E-state index contributed by atoms with van der Waals surface area (Å²) in [4.78, 5) is 0. The highest BCUT2D eigenvalue weighted by Crippen LogP contribution is 2.28. The molecule has 0 amide bonds. The predicted molar refractivity (Wildman–Crippen MR) is 84.9 cm³/mol. The lowest BCUT2D eigenvalue weighted by Crippen LogP contribution is -2.20. The molecule has 0 spiro atoms. The molecule has 0 bridgehead atoms. The van der Waals surface area contributed by atoms with E-state index in [9.17, 15) is 10.2 Å². The van der Waals surface area contributed by atoms with Crippen LogP contribution in [0.2, 0.25) is 0 Å². The molecule has 0 fully saturated rings. The Kier molecular flexibility index (Phi) is 7.68. The summed E-state index contributed by atoms with van der Waals surface area (Å²) in [5.41, 5.74) is 0.105. The van der Waals surface area contributed by atoms with Gasteiger partial charge in [-0.25, -0.2) is 0 Å². The molecular weight excluding hydrogens is 248 g/mol. The highest BCUT2D eigenvalue weighted by atomic mass is 16.3. The molecule has 1 aromatic rings. The Morgan fingerprint density at radius 2 is 1.35 bits per heavy atom. The highest BCUT2D eigenvalue weighted by Gasteiger charge is 2.22. The van der Waals surface area contributed by atoms with Crippen molar-refractivity contribution in [1.29, 1.82) is 0 Å². The molecule has 1 unspecified atom stereocenters. The van der Waals surface area contributed by atoms with E-state index in [4.69, 9.17) is 0 Å². The molecule has 2 heteroatoms. The van der Waals surface area contributed by atoms with E-state index < -0.39 is 5.60 Å². The first kappa shape index (κ1) is 17.0. The van der Waals surface area contributed by atoms with Crippen LogP contribution in [0.1, 0.15) is 77.2 Å². The molecule has 1 rings (SSSR count). The number of hydrogen-bond donors (Lipinski definition) is 2. The van der Waals surface area contributed by atoms with Gasteiger partial charge in [-0.15, -0.1) is 0 Å². The van der Waals surface area contributed by atoms with Crippen molar-refractivity contribution in [2.75, 3.05) is 0 Å². The van der Waals surface area contributed by atoms with Crippen LogP contribution >= 0.6 is 0 Å². The molecule has 0 radical (unpaired) electrons. The zero-order chi connectivity index (χ0) is 14.8. The van der Waals surface area contributed by atoms with Crippen molar-refractivity contribution >= 4 is 0 Å². The fourth-order valence-corrected chi connectivity index (χ4v) is 2.57. The van der Waals surface area contributed by atoms with Crippen LogP contribution in [-0.2, 0) is 5.60 Å². The van der Waals surface area contributed by atoms with E-state index >= 15 is 0 Å². The molecular formula is C18H30O2. The Morgan fingerprint density at radius 3 is 1.90 bits per heavy atom. The van der Waals surface area contributed by atoms with Crippen LogP contribution in [0.4, 0.5) is 0 Å². The molecule has 0 aliphatic rings. The van der Waals surface area contributed by atoms with Gasteiger partial charge < -0.3 is 10.2 Å². The van der Waals surface area contributed by atoms with Gasteiger partial charge in [-0.2, -0.15) is 0 Å². The van der Waals surface area contributed by atoms with Crippen molar-refractivity contribution in [3.63, 3.8) is 0 Å². The minimum absolute atomic E-state index is 0.247. The van der Waals surface area contributed by atoms with Crippen molar-refractivity contribution in [2.24, 2.45) is 0 Å². The molecule has 0 aromatic heterocycles. The highest BCUT2D eigenvalue weighted by molar-refractivity contribution is 5.29. The Hall–Kier alpha value is -1.02. The van der Waals surface area contributed by atoms with Crippen LogP contribution in [0.5, 0.6) is 5.75 Å². The maximum Gasteiger partial charge on any atom is 0.115 e. The lowest BCUT2D eigenvalue weighted by molar-refractivity contribution is 0.0448. The summed E-state index contributed by atoms with van der Waals surface area (Å²) in [7, 11) is 0. The SMILES string of the molecule is CCCCCCCCCCC(C)(O)c1ccc(O)cc1. The Balaban J connectivity index is 2.18. The van der Waals surface area contributed by atoms with Crippen molar-refractivity contribution in [2.45, 2.75) is 77.2 Å². The summed E-state index contributed by atoms with van der Waals surface area (Å²) in [5, 5.41) is 19.7. The van der Waals surface area contributed by atoms with Gasteiger partial charge in [-0.05, 0) is 31.0 Å². The first-order valence-electron chi connectivity index (χ1n) is 8.08. The summed E-state index contributed by atoms with van der Waals surface area (Å²) in [6.45, 7) is 4.10. The van der Waals surface area contributed by atoms with Crippen molar-refractivity contribution in [3.8, 4) is 5.75 Å². The van der Waals surface area contributed by atoms with Crippen LogP contribution in [0, 0.1) is 0 Å². The number of aromatic hydroxyl groups is 1. The second-order valence-electron chi connectivity index (χ2n) is 6.05. The van der Waals surface area contributed by atoms with E-state index in [0.29, 0.717) is 0 Å². The number of rotatable bonds is 10. The van der Waals surface area contributed by atoms with E-state index in [1.165, 1.54) is 44.9 Å². The summed E-state index contributed by atoms with van der Waals surface area (Å²) in [6.07, 6.45) is 11.0. The maximum atomic E-state index is 10.5. The van der Waals surface area contributed by atoms with Gasteiger partial charge in [0, 0.05) is 0 Å². The third-order valence-corrected chi connectivity index (χ3v) is 4.01. The van der Waals surface area contributed by atoms with E-state index in [1.807, 2.05) is 6.92 Å². The normalized spacial score (nSPS) is 14.2. The zero-order valence-corrected chi connectivity index (χ0v) is 13.1. The van der Waals surface area contributed by atoms with E-state index in [0.717, 1.165) is 18.4 Å². The summed E-state index contributed by atoms with van der Waals surface area (Å²) in [5.74, 6) is 0.247. The number of phenolic OH excluding ortho intramolecular Hbond substituents is 1. The number of phenols is 1. The summed E-state index contributed by atoms with van der Waals surface area (Å²) < 4.78 is 0. The molecule has 0 heterocycles. The van der Waals surface area contributed by atoms with Gasteiger partial charge in [-0.3, -0.25) is 0 Å². The van der Waals surface area contributed by atoms with Crippen molar-refractivity contribution in [1.82, 2.24) is 0 Å². The molecule has 0 saturated carbocycles. The zero-order valence-electron chi connectivity index (χ0n) is 13.1. The Bertz CT molecular complexity index is 354. The van der Waals surface area contributed by atoms with E-state index in [2.05, 4.69) is 6.92 Å².